The van der Waals surface area contributed by atoms with Gasteiger partial charge in [0.15, 0.2) is 0 Å². The average Bonchev–Trinajstić information content (AvgIpc) is 3.19. The molecule has 2 fully saturated rings. The Morgan fingerprint density at radius 3 is 2.64 bits per heavy atom. The first-order valence-corrected chi connectivity index (χ1v) is 9.60. The first kappa shape index (κ1) is 18.2. The highest BCUT2D eigenvalue weighted by molar-refractivity contribution is 5.94. The van der Waals surface area contributed by atoms with E-state index in [1.165, 1.54) is 0 Å². The number of carbonyl (C=O) groups is 1. The summed E-state index contributed by atoms with van der Waals surface area (Å²) in [6.07, 6.45) is 4.57. The van der Waals surface area contributed by atoms with Gasteiger partial charge in [0.2, 0.25) is 0 Å². The lowest BCUT2D eigenvalue weighted by Crippen LogP contribution is -2.40. The van der Waals surface area contributed by atoms with Gasteiger partial charge in [0.25, 0.3) is 5.91 Å². The summed E-state index contributed by atoms with van der Waals surface area (Å²) >= 11 is 0. The zero-order valence-electron chi connectivity index (χ0n) is 15.2. The Labute approximate surface area is 150 Å². The Kier molecular flexibility index (Phi) is 6.70. The van der Waals surface area contributed by atoms with Gasteiger partial charge in [0.05, 0.1) is 6.10 Å². The molecule has 0 bridgehead atoms. The third-order valence-electron chi connectivity index (χ3n) is 5.15. The maximum absolute atomic E-state index is 12.6. The van der Waals surface area contributed by atoms with Gasteiger partial charge in [0.1, 0.15) is 12.4 Å². The molecule has 2 aliphatic heterocycles. The number of nitrogens with one attached hydrogen (secondary N) is 1. The summed E-state index contributed by atoms with van der Waals surface area (Å²) in [4.78, 5) is 14.6. The highest BCUT2D eigenvalue weighted by Gasteiger charge is 2.23. The minimum atomic E-state index is 0.132. The maximum Gasteiger partial charge on any atom is 0.253 e. The molecule has 5 heteroatoms. The summed E-state index contributed by atoms with van der Waals surface area (Å²) in [7, 11) is 0. The van der Waals surface area contributed by atoms with Crippen LogP contribution in [0.25, 0.3) is 0 Å². The topological polar surface area (TPSA) is 50.8 Å². The SMILES string of the molecule is CCNCC1CCN(C(=O)c2ccc(OCC3CCCO3)cc2)CC1. The predicted octanol–water partition coefficient (Wildman–Crippen LogP) is 2.71. The van der Waals surface area contributed by atoms with Crippen molar-refractivity contribution in [1.82, 2.24) is 10.2 Å². The number of carbonyl (C=O) groups excluding carboxylic acids is 1. The fourth-order valence-corrected chi connectivity index (χ4v) is 3.53. The normalized spacial score (nSPS) is 21.5. The molecule has 1 aromatic carbocycles. The van der Waals surface area contributed by atoms with Crippen LogP contribution in [0.5, 0.6) is 5.75 Å². The third kappa shape index (κ3) is 5.19. The number of hydrogen-bond acceptors (Lipinski definition) is 4. The smallest absolute Gasteiger partial charge is 0.253 e. The number of amides is 1. The van der Waals surface area contributed by atoms with E-state index in [2.05, 4.69) is 12.2 Å². The van der Waals surface area contributed by atoms with E-state index >= 15 is 0 Å². The molecule has 3 rings (SSSR count). The van der Waals surface area contributed by atoms with Crippen LogP contribution in [0.4, 0.5) is 0 Å². The van der Waals surface area contributed by atoms with Gasteiger partial charge in [-0.1, -0.05) is 6.92 Å². The van der Waals surface area contributed by atoms with E-state index in [-0.39, 0.29) is 12.0 Å². The van der Waals surface area contributed by atoms with Crippen molar-refractivity contribution in [2.24, 2.45) is 5.92 Å². The molecule has 2 aliphatic rings. The fraction of sp³-hybridized carbons (Fsp3) is 0.650. The van der Waals surface area contributed by atoms with E-state index in [0.717, 1.165) is 69.8 Å². The molecule has 0 aliphatic carbocycles. The van der Waals surface area contributed by atoms with E-state index in [1.54, 1.807) is 0 Å². The Morgan fingerprint density at radius 1 is 1.24 bits per heavy atom. The van der Waals surface area contributed by atoms with Crippen molar-refractivity contribution in [3.63, 3.8) is 0 Å². The van der Waals surface area contributed by atoms with E-state index in [9.17, 15) is 4.79 Å². The van der Waals surface area contributed by atoms with Gasteiger partial charge in [0, 0.05) is 25.3 Å². The van der Waals surface area contributed by atoms with Crippen LogP contribution in [-0.4, -0.2) is 56.3 Å². The molecule has 1 N–H and O–H groups in total. The molecular formula is C20H30N2O3. The van der Waals surface area contributed by atoms with Crippen molar-refractivity contribution in [3.8, 4) is 5.75 Å². The Hall–Kier alpha value is -1.59. The van der Waals surface area contributed by atoms with Crippen molar-refractivity contribution in [2.75, 3.05) is 39.4 Å². The number of ether oxygens (including phenoxy) is 2. The molecule has 138 valence electrons. The van der Waals surface area contributed by atoms with Crippen LogP contribution in [0, 0.1) is 5.92 Å². The van der Waals surface area contributed by atoms with Crippen LogP contribution in [0.1, 0.15) is 43.0 Å². The van der Waals surface area contributed by atoms with E-state index in [4.69, 9.17) is 9.47 Å². The van der Waals surface area contributed by atoms with Gasteiger partial charge in [-0.3, -0.25) is 4.79 Å². The lowest BCUT2D eigenvalue weighted by atomic mass is 9.96. The molecule has 0 saturated carbocycles. The number of likely N-dealkylation sites (tertiary alicyclic amines) is 1. The van der Waals surface area contributed by atoms with Crippen LogP contribution in [0.3, 0.4) is 0 Å². The molecule has 2 saturated heterocycles. The summed E-state index contributed by atoms with van der Waals surface area (Å²) in [5, 5.41) is 3.41. The Bertz CT molecular complexity index is 532. The summed E-state index contributed by atoms with van der Waals surface area (Å²) in [6, 6.07) is 7.52. The van der Waals surface area contributed by atoms with Gasteiger partial charge >= 0.3 is 0 Å². The van der Waals surface area contributed by atoms with Gasteiger partial charge in [-0.05, 0) is 69.0 Å². The summed E-state index contributed by atoms with van der Waals surface area (Å²) in [5.41, 5.74) is 0.745. The quantitative estimate of drug-likeness (QED) is 0.825. The second-order valence-corrected chi connectivity index (χ2v) is 7.01. The highest BCUT2D eigenvalue weighted by atomic mass is 16.5. The zero-order chi connectivity index (χ0) is 17.5. The van der Waals surface area contributed by atoms with Crippen molar-refractivity contribution >= 4 is 5.91 Å². The third-order valence-corrected chi connectivity index (χ3v) is 5.15. The van der Waals surface area contributed by atoms with Gasteiger partial charge in [-0.2, -0.15) is 0 Å². The Balaban J connectivity index is 1.46. The molecule has 5 nitrogen and oxygen atoms in total. The number of rotatable bonds is 7. The molecular weight excluding hydrogens is 316 g/mol. The highest BCUT2D eigenvalue weighted by Crippen LogP contribution is 2.20. The van der Waals surface area contributed by atoms with E-state index in [0.29, 0.717) is 12.5 Å². The first-order valence-electron chi connectivity index (χ1n) is 9.60. The van der Waals surface area contributed by atoms with Crippen molar-refractivity contribution in [1.29, 1.82) is 0 Å². The number of piperidine rings is 1. The molecule has 1 unspecified atom stereocenters. The molecule has 25 heavy (non-hydrogen) atoms. The molecule has 2 heterocycles. The lowest BCUT2D eigenvalue weighted by molar-refractivity contribution is 0.0674. The monoisotopic (exact) mass is 346 g/mol. The molecule has 0 radical (unpaired) electrons. The summed E-state index contributed by atoms with van der Waals surface area (Å²) < 4.78 is 11.3. The van der Waals surface area contributed by atoms with Crippen LogP contribution in [0.2, 0.25) is 0 Å². The zero-order valence-corrected chi connectivity index (χ0v) is 15.2. The molecule has 0 spiro atoms. The Morgan fingerprint density at radius 2 is 2.00 bits per heavy atom. The maximum atomic E-state index is 12.6. The number of hydrogen-bond donors (Lipinski definition) is 1. The molecule has 1 amide bonds. The lowest BCUT2D eigenvalue weighted by Gasteiger charge is -2.32. The van der Waals surface area contributed by atoms with Crippen LogP contribution < -0.4 is 10.1 Å². The number of benzene rings is 1. The van der Waals surface area contributed by atoms with Crippen molar-refractivity contribution < 1.29 is 14.3 Å². The van der Waals surface area contributed by atoms with E-state index < -0.39 is 0 Å². The summed E-state index contributed by atoms with van der Waals surface area (Å²) in [6.45, 7) is 7.35. The minimum Gasteiger partial charge on any atom is -0.491 e. The fourth-order valence-electron chi connectivity index (χ4n) is 3.53. The minimum absolute atomic E-state index is 0.132. The van der Waals surface area contributed by atoms with Crippen LogP contribution >= 0.6 is 0 Å². The van der Waals surface area contributed by atoms with Gasteiger partial charge < -0.3 is 19.7 Å². The van der Waals surface area contributed by atoms with Gasteiger partial charge in [-0.25, -0.2) is 0 Å². The second kappa shape index (κ2) is 9.20. The predicted molar refractivity (Wildman–Crippen MR) is 98.1 cm³/mol. The van der Waals surface area contributed by atoms with Crippen molar-refractivity contribution in [2.45, 2.75) is 38.7 Å². The van der Waals surface area contributed by atoms with Crippen molar-refractivity contribution in [3.05, 3.63) is 29.8 Å². The standard InChI is InChI=1S/C20H30N2O3/c1-2-21-14-16-9-11-22(12-10-16)20(23)17-5-7-18(8-6-17)25-15-19-4-3-13-24-19/h5-8,16,19,21H,2-4,9-15H2,1H3. The van der Waals surface area contributed by atoms with Gasteiger partial charge in [-0.15, -0.1) is 0 Å². The molecule has 1 atom stereocenters. The number of nitrogens with zero attached hydrogens (tertiary/aromatic N) is 1. The average molecular weight is 346 g/mol. The first-order chi connectivity index (χ1) is 12.3. The summed E-state index contributed by atoms with van der Waals surface area (Å²) in [5.74, 6) is 1.63. The second-order valence-electron chi connectivity index (χ2n) is 7.01. The molecule has 1 aromatic rings. The molecule has 0 aromatic heterocycles. The van der Waals surface area contributed by atoms with Crippen LogP contribution in [0.15, 0.2) is 24.3 Å². The largest absolute Gasteiger partial charge is 0.491 e. The van der Waals surface area contributed by atoms with E-state index in [1.807, 2.05) is 29.2 Å². The van der Waals surface area contributed by atoms with Crippen LogP contribution in [-0.2, 0) is 4.74 Å².